The van der Waals surface area contributed by atoms with Gasteiger partial charge in [0, 0.05) is 12.8 Å². The number of hydrogen-bond acceptors (Lipinski definition) is 9. The molecule has 0 fully saturated rings. The number of phosphoric ester groups is 1. The molecule has 0 radical (unpaired) electrons. The molecule has 0 aliphatic rings. The van der Waals surface area contributed by atoms with Gasteiger partial charge in [0.05, 0.1) is 33.9 Å². The molecule has 0 aromatic carbocycles. The maximum Gasteiger partial charge on any atom is 0.306 e. The van der Waals surface area contributed by atoms with Gasteiger partial charge in [0.1, 0.15) is 19.8 Å². The molecule has 0 heterocycles. The van der Waals surface area contributed by atoms with E-state index in [1.807, 2.05) is 33.3 Å². The van der Waals surface area contributed by atoms with Crippen LogP contribution in [0, 0.1) is 0 Å². The van der Waals surface area contributed by atoms with Crippen LogP contribution in [0.25, 0.3) is 0 Å². The minimum absolute atomic E-state index is 0.0690. The number of carbonyl (C=O) groups is 2. The monoisotopic (exact) mass is 794 g/mol. The second-order valence-electron chi connectivity index (χ2n) is 14.8. The molecule has 0 aliphatic heterocycles. The number of nitrogens with zero attached hydrogens (tertiary/aromatic N) is 1. The summed E-state index contributed by atoms with van der Waals surface area (Å²) in [5.74, 6) is -1.12. The fourth-order valence-electron chi connectivity index (χ4n) is 5.06. The minimum Gasteiger partial charge on any atom is -0.756 e. The lowest BCUT2D eigenvalue weighted by molar-refractivity contribution is -0.870. The van der Waals surface area contributed by atoms with E-state index in [0.29, 0.717) is 17.4 Å². The van der Waals surface area contributed by atoms with Crippen LogP contribution in [0.5, 0.6) is 0 Å². The highest BCUT2D eigenvalue weighted by Gasteiger charge is 2.22. The zero-order valence-electron chi connectivity index (χ0n) is 35.0. The fraction of sp³-hybridized carbons (Fsp3) is 0.682. The van der Waals surface area contributed by atoms with Gasteiger partial charge in [-0.1, -0.05) is 151 Å². The van der Waals surface area contributed by atoms with Crippen LogP contribution < -0.4 is 4.89 Å². The predicted molar refractivity (Wildman–Crippen MR) is 223 cm³/mol. The smallest absolute Gasteiger partial charge is 0.306 e. The van der Waals surface area contributed by atoms with E-state index in [2.05, 4.69) is 62.5 Å². The van der Waals surface area contributed by atoms with Crippen molar-refractivity contribution in [2.45, 2.75) is 148 Å². The number of allylic oxidation sites excluding steroid dienone is 11. The SMILES string of the molecule is CC/C=C\C/C=C\C/C=C\C/C=C\C/C=C\C=C/C(O)CCC(=O)OC[C@H](COP(=O)([O-])OCC[N+](C)(C)C)OC(=O)CCCCCCCCCCCCC. The van der Waals surface area contributed by atoms with E-state index in [1.165, 1.54) is 44.9 Å². The first-order valence-electron chi connectivity index (χ1n) is 20.8. The first-order valence-corrected chi connectivity index (χ1v) is 22.2. The van der Waals surface area contributed by atoms with Gasteiger partial charge < -0.3 is 33.0 Å². The molecule has 0 aromatic heterocycles. The molecule has 0 saturated carbocycles. The van der Waals surface area contributed by atoms with Gasteiger partial charge in [-0.05, 0) is 44.9 Å². The van der Waals surface area contributed by atoms with Crippen LogP contribution in [0.4, 0.5) is 0 Å². The van der Waals surface area contributed by atoms with Gasteiger partial charge in [-0.25, -0.2) is 0 Å². The number of aliphatic hydroxyl groups excluding tert-OH is 1. The molecule has 1 N–H and O–H groups in total. The fourth-order valence-corrected chi connectivity index (χ4v) is 5.79. The quantitative estimate of drug-likeness (QED) is 0.0165. The number of phosphoric acid groups is 1. The molecule has 3 atom stereocenters. The Balaban J connectivity index is 4.62. The van der Waals surface area contributed by atoms with Crippen LogP contribution >= 0.6 is 7.82 Å². The number of likely N-dealkylation sites (N-methyl/N-ethyl adjacent to an activating group) is 1. The Morgan fingerprint density at radius 3 is 1.75 bits per heavy atom. The first kappa shape index (κ1) is 52.4. The molecular formula is C44H76NO9P. The predicted octanol–water partition coefficient (Wildman–Crippen LogP) is 9.80. The van der Waals surface area contributed by atoms with Crippen molar-refractivity contribution in [2.75, 3.05) is 47.5 Å². The Hall–Kier alpha value is -2.59. The molecule has 10 nitrogen and oxygen atoms in total. The summed E-state index contributed by atoms with van der Waals surface area (Å²) in [6.07, 6.45) is 39.8. The number of ether oxygens (including phenoxy) is 2. The average molecular weight is 794 g/mol. The molecule has 0 saturated heterocycles. The second-order valence-corrected chi connectivity index (χ2v) is 16.2. The molecule has 11 heteroatoms. The maximum absolute atomic E-state index is 12.6. The molecule has 0 amide bonds. The topological polar surface area (TPSA) is 131 Å². The van der Waals surface area contributed by atoms with Crippen LogP contribution in [-0.2, 0) is 32.7 Å². The Morgan fingerprint density at radius 2 is 1.20 bits per heavy atom. The van der Waals surface area contributed by atoms with Gasteiger partial charge in [-0.15, -0.1) is 0 Å². The summed E-state index contributed by atoms with van der Waals surface area (Å²) in [5.41, 5.74) is 0. The number of rotatable bonds is 36. The lowest BCUT2D eigenvalue weighted by Gasteiger charge is -2.28. The summed E-state index contributed by atoms with van der Waals surface area (Å²) in [4.78, 5) is 37.4. The van der Waals surface area contributed by atoms with Gasteiger partial charge in [-0.2, -0.15) is 0 Å². The Bertz CT molecular complexity index is 1190. The van der Waals surface area contributed by atoms with E-state index in [9.17, 15) is 24.2 Å². The van der Waals surface area contributed by atoms with Crippen molar-refractivity contribution >= 4 is 19.8 Å². The maximum atomic E-state index is 12.6. The van der Waals surface area contributed by atoms with Crippen molar-refractivity contribution < 1.29 is 47.2 Å². The van der Waals surface area contributed by atoms with Gasteiger partial charge in [0.15, 0.2) is 6.10 Å². The molecule has 0 bridgehead atoms. The standard InChI is InChI=1S/C44H76NO9P/c1-6-8-10-12-14-16-18-19-20-21-22-24-25-27-29-31-33-41(46)35-36-43(47)51-39-42(40-53-55(49,50)52-38-37-45(3,4)5)54-44(48)34-32-30-28-26-23-17-15-13-11-9-7-2/h8,10,14,16,19-20,22,24,27,29,31,33,41-42,46H,6-7,9,11-13,15,17-18,21,23,25-26,28,30,32,34-40H2,1-5H3/b10-8-,16-14-,20-19-,24-22-,29-27-,33-31-/t41?,42-/m1/s1. The number of hydrogen-bond donors (Lipinski definition) is 1. The summed E-state index contributed by atoms with van der Waals surface area (Å²) in [6, 6.07) is 0. The van der Waals surface area contributed by atoms with Crippen molar-refractivity contribution in [3.63, 3.8) is 0 Å². The number of quaternary nitrogens is 1. The summed E-state index contributed by atoms with van der Waals surface area (Å²) >= 11 is 0. The van der Waals surface area contributed by atoms with Gasteiger partial charge >= 0.3 is 11.9 Å². The summed E-state index contributed by atoms with van der Waals surface area (Å²) in [6.45, 7) is 3.80. The Kier molecular flexibility index (Phi) is 34.1. The van der Waals surface area contributed by atoms with Crippen molar-refractivity contribution in [1.82, 2.24) is 0 Å². The van der Waals surface area contributed by atoms with Gasteiger partial charge in [0.25, 0.3) is 7.82 Å². The van der Waals surface area contributed by atoms with Crippen LogP contribution in [0.1, 0.15) is 136 Å². The zero-order valence-corrected chi connectivity index (χ0v) is 35.8. The lowest BCUT2D eigenvalue weighted by Crippen LogP contribution is -2.37. The lowest BCUT2D eigenvalue weighted by atomic mass is 10.1. The highest BCUT2D eigenvalue weighted by molar-refractivity contribution is 7.45. The average Bonchev–Trinajstić information content (AvgIpc) is 3.13. The van der Waals surface area contributed by atoms with Crippen LogP contribution in [-0.4, -0.2) is 81.2 Å². The summed E-state index contributed by atoms with van der Waals surface area (Å²) < 4.78 is 33.6. The zero-order chi connectivity index (χ0) is 40.9. The Morgan fingerprint density at radius 1 is 0.673 bits per heavy atom. The van der Waals surface area contributed by atoms with Crippen molar-refractivity contribution in [3.8, 4) is 0 Å². The molecule has 0 rings (SSSR count). The number of aliphatic hydroxyl groups is 1. The third-order valence-corrected chi connectivity index (χ3v) is 9.32. The molecule has 316 valence electrons. The van der Waals surface area contributed by atoms with E-state index in [0.717, 1.165) is 51.4 Å². The molecule has 0 aromatic rings. The van der Waals surface area contributed by atoms with Gasteiger partial charge in [-0.3, -0.25) is 14.2 Å². The highest BCUT2D eigenvalue weighted by Crippen LogP contribution is 2.38. The number of unbranched alkanes of at least 4 members (excludes halogenated alkanes) is 10. The summed E-state index contributed by atoms with van der Waals surface area (Å²) in [7, 11) is 1.03. The minimum atomic E-state index is -4.68. The number of carbonyl (C=O) groups excluding carboxylic acids is 2. The van der Waals surface area contributed by atoms with E-state index < -0.39 is 38.6 Å². The molecule has 55 heavy (non-hydrogen) atoms. The number of esters is 2. The first-order chi connectivity index (χ1) is 26.4. The van der Waals surface area contributed by atoms with Crippen molar-refractivity contribution in [1.29, 1.82) is 0 Å². The third-order valence-electron chi connectivity index (χ3n) is 8.36. The van der Waals surface area contributed by atoms with Crippen LogP contribution in [0.3, 0.4) is 0 Å². The largest absolute Gasteiger partial charge is 0.756 e. The van der Waals surface area contributed by atoms with Crippen molar-refractivity contribution in [2.24, 2.45) is 0 Å². The highest BCUT2D eigenvalue weighted by atomic mass is 31.2. The normalized spacial score (nSPS) is 15.0. The van der Waals surface area contributed by atoms with E-state index in [-0.39, 0.29) is 32.5 Å². The molecule has 2 unspecified atom stereocenters. The van der Waals surface area contributed by atoms with Crippen LogP contribution in [0.2, 0.25) is 0 Å². The van der Waals surface area contributed by atoms with Gasteiger partial charge in [0.2, 0.25) is 0 Å². The molecule has 0 spiro atoms. The van der Waals surface area contributed by atoms with E-state index >= 15 is 0 Å². The van der Waals surface area contributed by atoms with Crippen molar-refractivity contribution in [3.05, 3.63) is 72.9 Å². The molecular weight excluding hydrogens is 717 g/mol. The van der Waals surface area contributed by atoms with Crippen LogP contribution in [0.15, 0.2) is 72.9 Å². The third kappa shape index (κ3) is 39.4. The van der Waals surface area contributed by atoms with E-state index in [1.54, 1.807) is 12.2 Å². The molecule has 0 aliphatic carbocycles. The Labute approximate surface area is 334 Å². The second kappa shape index (κ2) is 35.8. The van der Waals surface area contributed by atoms with E-state index in [4.69, 9.17) is 18.5 Å². The summed E-state index contributed by atoms with van der Waals surface area (Å²) in [5, 5.41) is 10.3.